The number of hydrogen-bond acceptors (Lipinski definition) is 8. The fourth-order valence-corrected chi connectivity index (χ4v) is 4.81. The number of carbonyl (C=O) groups is 1. The van der Waals surface area contributed by atoms with Crippen LogP contribution in [0.1, 0.15) is 12.8 Å². The first-order valence-electron chi connectivity index (χ1n) is 11.7. The van der Waals surface area contributed by atoms with Crippen molar-refractivity contribution in [3.8, 4) is 11.3 Å². The molecule has 2 aliphatic rings. The van der Waals surface area contributed by atoms with Crippen molar-refractivity contribution in [3.63, 3.8) is 0 Å². The minimum atomic E-state index is -0.457. The molecular formula is C24H26ClFN8OS. The molecule has 3 heterocycles. The van der Waals surface area contributed by atoms with Crippen molar-refractivity contribution in [1.82, 2.24) is 30.0 Å². The molecule has 12 heteroatoms. The molecule has 0 radical (unpaired) electrons. The van der Waals surface area contributed by atoms with Gasteiger partial charge in [-0.15, -0.1) is 0 Å². The Labute approximate surface area is 218 Å². The van der Waals surface area contributed by atoms with Gasteiger partial charge in [0.05, 0.1) is 11.4 Å². The topological polar surface area (TPSA) is 102 Å². The molecule has 1 aromatic carbocycles. The van der Waals surface area contributed by atoms with E-state index in [9.17, 15) is 9.18 Å². The predicted molar refractivity (Wildman–Crippen MR) is 139 cm³/mol. The number of anilines is 3. The smallest absolute Gasteiger partial charge is 0.228 e. The molecule has 2 fully saturated rings. The highest BCUT2D eigenvalue weighted by Crippen LogP contribution is 2.33. The van der Waals surface area contributed by atoms with E-state index in [1.807, 2.05) is 0 Å². The molecular weight excluding hydrogens is 503 g/mol. The highest BCUT2D eigenvalue weighted by molar-refractivity contribution is 7.71. The maximum Gasteiger partial charge on any atom is 0.228 e. The molecule has 1 aliphatic heterocycles. The van der Waals surface area contributed by atoms with Gasteiger partial charge in [0, 0.05) is 54.8 Å². The molecule has 1 amide bonds. The number of nitrogens with one attached hydrogen (secondary N) is 3. The minimum Gasteiger partial charge on any atom is -0.338 e. The van der Waals surface area contributed by atoms with Crippen molar-refractivity contribution in [3.05, 3.63) is 52.1 Å². The number of rotatable bonds is 6. The summed E-state index contributed by atoms with van der Waals surface area (Å²) in [4.78, 5) is 26.0. The lowest BCUT2D eigenvalue weighted by Crippen LogP contribution is -2.54. The van der Waals surface area contributed by atoms with Crippen molar-refractivity contribution >= 4 is 47.0 Å². The fraction of sp³-hybridized carbons (Fsp3) is 0.375. The zero-order chi connectivity index (χ0) is 25.2. The summed E-state index contributed by atoms with van der Waals surface area (Å²) < 4.78 is 14.6. The summed E-state index contributed by atoms with van der Waals surface area (Å²) in [6.07, 6.45) is 3.08. The molecule has 9 nitrogen and oxygen atoms in total. The van der Waals surface area contributed by atoms with Crippen LogP contribution in [0.25, 0.3) is 11.3 Å². The Morgan fingerprint density at radius 1 is 1.14 bits per heavy atom. The first-order valence-corrected chi connectivity index (χ1v) is 12.5. The van der Waals surface area contributed by atoms with Gasteiger partial charge in [-0.25, -0.2) is 14.4 Å². The summed E-state index contributed by atoms with van der Waals surface area (Å²) >= 11 is 11.4. The van der Waals surface area contributed by atoms with Crippen LogP contribution in [0.3, 0.4) is 0 Å². The molecule has 2 aromatic heterocycles. The molecule has 188 valence electrons. The van der Waals surface area contributed by atoms with Crippen LogP contribution in [0.4, 0.5) is 21.7 Å². The highest BCUT2D eigenvalue weighted by atomic mass is 35.5. The second kappa shape index (κ2) is 10.6. The molecule has 1 saturated heterocycles. The summed E-state index contributed by atoms with van der Waals surface area (Å²) in [5, 5.41) is 13.2. The maximum absolute atomic E-state index is 14.3. The third-order valence-corrected chi connectivity index (χ3v) is 7.27. The monoisotopic (exact) mass is 528 g/mol. The Morgan fingerprint density at radius 2 is 1.89 bits per heavy atom. The average Bonchev–Trinajstić information content (AvgIpc) is 2.83. The Kier molecular flexibility index (Phi) is 7.24. The van der Waals surface area contributed by atoms with Gasteiger partial charge in [-0.05, 0) is 44.2 Å². The van der Waals surface area contributed by atoms with E-state index in [0.717, 1.165) is 39.0 Å². The molecule has 0 bridgehead atoms. The Hall–Kier alpha value is -2.99. The zero-order valence-electron chi connectivity index (χ0n) is 19.7. The molecule has 5 rings (SSSR count). The first kappa shape index (κ1) is 24.7. The lowest BCUT2D eigenvalue weighted by molar-refractivity contribution is -0.124. The quantitative estimate of drug-likeness (QED) is 0.411. The van der Waals surface area contributed by atoms with E-state index in [4.69, 9.17) is 23.8 Å². The van der Waals surface area contributed by atoms with E-state index >= 15 is 0 Å². The number of aromatic amines is 1. The zero-order valence-corrected chi connectivity index (χ0v) is 21.2. The third-order valence-electron chi connectivity index (χ3n) is 6.73. The number of nitrogens with zero attached hydrogens (tertiary/aromatic N) is 5. The van der Waals surface area contributed by atoms with Gasteiger partial charge in [0.2, 0.25) is 5.91 Å². The fourth-order valence-electron chi connectivity index (χ4n) is 4.48. The second-order valence-corrected chi connectivity index (χ2v) is 10.0. The van der Waals surface area contributed by atoms with Crippen molar-refractivity contribution in [2.75, 3.05) is 43.9 Å². The van der Waals surface area contributed by atoms with E-state index in [-0.39, 0.29) is 17.4 Å². The van der Waals surface area contributed by atoms with Crippen molar-refractivity contribution in [2.24, 2.45) is 5.92 Å². The number of carbonyl (C=O) groups excluding carboxylic acids is 1. The maximum atomic E-state index is 14.3. The summed E-state index contributed by atoms with van der Waals surface area (Å²) in [6.45, 7) is 4.25. The van der Waals surface area contributed by atoms with Gasteiger partial charge in [-0.3, -0.25) is 14.8 Å². The summed E-state index contributed by atoms with van der Waals surface area (Å²) in [7, 11) is 2.14. The van der Waals surface area contributed by atoms with Crippen LogP contribution >= 0.6 is 23.8 Å². The minimum absolute atomic E-state index is 0.0229. The molecule has 1 saturated carbocycles. The number of piperazine rings is 1. The van der Waals surface area contributed by atoms with Crippen molar-refractivity contribution in [2.45, 2.75) is 18.9 Å². The van der Waals surface area contributed by atoms with Crippen LogP contribution in [-0.2, 0) is 4.79 Å². The van der Waals surface area contributed by atoms with Crippen LogP contribution in [-0.4, -0.2) is 75.1 Å². The number of amides is 1. The molecule has 1 aliphatic carbocycles. The number of aromatic nitrogens is 4. The lowest BCUT2D eigenvalue weighted by atomic mass is 9.78. The molecule has 3 N–H and O–H groups in total. The van der Waals surface area contributed by atoms with Gasteiger partial charge in [0.15, 0.2) is 0 Å². The Bertz CT molecular complexity index is 1320. The van der Waals surface area contributed by atoms with Gasteiger partial charge in [-0.1, -0.05) is 23.8 Å². The molecule has 0 spiro atoms. The third kappa shape index (κ3) is 5.54. The SMILES string of the molecule is CN1CCN(C2CC(C(=O)Nc3cc(Nc4cc(-c5cc(Cl)ccc5F)n[nH]c4=S)ncn3)C2)CC1. The van der Waals surface area contributed by atoms with E-state index < -0.39 is 5.82 Å². The van der Waals surface area contributed by atoms with Gasteiger partial charge in [-0.2, -0.15) is 5.10 Å². The number of H-pyrrole nitrogens is 1. The number of benzene rings is 1. The number of hydrogen-bond donors (Lipinski definition) is 3. The van der Waals surface area contributed by atoms with Crippen LogP contribution in [0.15, 0.2) is 36.7 Å². The molecule has 36 heavy (non-hydrogen) atoms. The number of halogens is 2. The lowest BCUT2D eigenvalue weighted by Gasteiger charge is -2.45. The molecule has 0 unspecified atom stereocenters. The summed E-state index contributed by atoms with van der Waals surface area (Å²) in [6, 6.07) is 7.96. The van der Waals surface area contributed by atoms with Crippen LogP contribution < -0.4 is 10.6 Å². The van der Waals surface area contributed by atoms with Gasteiger partial charge >= 0.3 is 0 Å². The van der Waals surface area contributed by atoms with Crippen LogP contribution in [0.5, 0.6) is 0 Å². The van der Waals surface area contributed by atoms with Gasteiger partial charge < -0.3 is 15.5 Å². The van der Waals surface area contributed by atoms with Crippen molar-refractivity contribution < 1.29 is 9.18 Å². The van der Waals surface area contributed by atoms with Gasteiger partial charge in [0.25, 0.3) is 0 Å². The van der Waals surface area contributed by atoms with Crippen LogP contribution in [0, 0.1) is 16.4 Å². The highest BCUT2D eigenvalue weighted by Gasteiger charge is 2.38. The predicted octanol–water partition coefficient (Wildman–Crippen LogP) is 4.10. The standard InChI is InChI=1S/C24H26ClFN8OS/c1-33-4-6-34(7-5-33)16-8-14(9-16)23(35)30-22-12-21(27-13-28-22)29-20-11-19(31-32-24(20)36)17-10-15(25)2-3-18(17)26/h2-3,10-14,16H,4-9H2,1H3,(H,32,36)(H2,27,28,29,30,31,35). The first-order chi connectivity index (χ1) is 17.4. The molecule has 0 atom stereocenters. The van der Waals surface area contributed by atoms with E-state index in [1.165, 1.54) is 24.5 Å². The van der Waals surface area contributed by atoms with E-state index in [1.54, 1.807) is 12.1 Å². The van der Waals surface area contributed by atoms with Crippen molar-refractivity contribution in [1.29, 1.82) is 0 Å². The average molecular weight is 529 g/mol. The number of likely N-dealkylation sites (N-methyl/N-ethyl adjacent to an activating group) is 1. The summed E-state index contributed by atoms with van der Waals surface area (Å²) in [5.41, 5.74) is 1.04. The second-order valence-electron chi connectivity index (χ2n) is 9.18. The van der Waals surface area contributed by atoms with Crippen LogP contribution in [0.2, 0.25) is 5.02 Å². The van der Waals surface area contributed by atoms with E-state index in [2.05, 4.69) is 47.6 Å². The molecule has 3 aromatic rings. The van der Waals surface area contributed by atoms with E-state index in [0.29, 0.717) is 38.7 Å². The Balaban J connectivity index is 1.23. The Morgan fingerprint density at radius 3 is 2.67 bits per heavy atom. The largest absolute Gasteiger partial charge is 0.338 e. The normalized spacial score (nSPS) is 20.5. The van der Waals surface area contributed by atoms with Gasteiger partial charge in [0.1, 0.15) is 28.4 Å². The summed E-state index contributed by atoms with van der Waals surface area (Å²) in [5.74, 6) is 0.300.